The van der Waals surface area contributed by atoms with Crippen LogP contribution in [0.3, 0.4) is 0 Å². The van der Waals surface area contributed by atoms with E-state index in [2.05, 4.69) is 46.4 Å². The minimum atomic E-state index is -0.478. The molecule has 0 aromatic heterocycles. The molecule has 0 aliphatic rings. The zero-order valence-electron chi connectivity index (χ0n) is 13.6. The van der Waals surface area contributed by atoms with Gasteiger partial charge in [-0.25, -0.2) is 4.79 Å². The largest absolute Gasteiger partial charge is 0.345 e. The molecule has 0 heterocycles. The van der Waals surface area contributed by atoms with Crippen LogP contribution in [-0.2, 0) is 9.68 Å². The van der Waals surface area contributed by atoms with Gasteiger partial charge < -0.3 is 4.89 Å². The van der Waals surface area contributed by atoms with Crippen molar-refractivity contribution in [1.29, 1.82) is 0 Å². The molecule has 0 aliphatic heterocycles. The Bertz CT molecular complexity index is 264. The van der Waals surface area contributed by atoms with E-state index in [1.165, 1.54) is 0 Å². The molecule has 0 radical (unpaired) electrons. The summed E-state index contributed by atoms with van der Waals surface area (Å²) in [6, 6.07) is 0. The second kappa shape index (κ2) is 7.88. The first-order chi connectivity index (χ1) is 8.64. The molecule has 0 bridgehead atoms. The highest BCUT2D eigenvalue weighted by molar-refractivity contribution is 5.72. The van der Waals surface area contributed by atoms with Crippen LogP contribution in [0.5, 0.6) is 0 Å². The SMILES string of the molecule is CCCC(C)(C)C(CCCCC(C)(C)C)C(=O)OO. The van der Waals surface area contributed by atoms with Crippen molar-refractivity contribution < 1.29 is 14.9 Å². The summed E-state index contributed by atoms with van der Waals surface area (Å²) in [4.78, 5) is 15.8. The van der Waals surface area contributed by atoms with E-state index in [0.29, 0.717) is 5.41 Å². The van der Waals surface area contributed by atoms with E-state index >= 15 is 0 Å². The maximum absolute atomic E-state index is 11.8. The molecule has 0 saturated heterocycles. The molecule has 3 nitrogen and oxygen atoms in total. The highest BCUT2D eigenvalue weighted by Crippen LogP contribution is 2.36. The van der Waals surface area contributed by atoms with E-state index in [4.69, 9.17) is 5.26 Å². The average molecular weight is 272 g/mol. The third-order valence-electron chi connectivity index (χ3n) is 3.88. The Morgan fingerprint density at radius 3 is 2.11 bits per heavy atom. The van der Waals surface area contributed by atoms with Crippen LogP contribution in [0.2, 0.25) is 0 Å². The maximum Gasteiger partial charge on any atom is 0.345 e. The zero-order chi connectivity index (χ0) is 15.1. The third-order valence-corrected chi connectivity index (χ3v) is 3.88. The Morgan fingerprint density at radius 2 is 1.68 bits per heavy atom. The van der Waals surface area contributed by atoms with Gasteiger partial charge in [0.05, 0.1) is 5.92 Å². The molecule has 114 valence electrons. The summed E-state index contributed by atoms with van der Waals surface area (Å²) in [7, 11) is 0. The Hall–Kier alpha value is -0.570. The molecule has 0 aliphatic carbocycles. The van der Waals surface area contributed by atoms with Crippen LogP contribution in [0.4, 0.5) is 0 Å². The molecule has 19 heavy (non-hydrogen) atoms. The number of rotatable bonds is 8. The second-order valence-corrected chi connectivity index (χ2v) is 7.51. The molecular weight excluding hydrogens is 240 g/mol. The van der Waals surface area contributed by atoms with Crippen molar-refractivity contribution in [2.45, 2.75) is 80.1 Å². The van der Waals surface area contributed by atoms with Crippen molar-refractivity contribution in [2.75, 3.05) is 0 Å². The van der Waals surface area contributed by atoms with E-state index in [1.54, 1.807) is 0 Å². The molecule has 1 unspecified atom stereocenters. The molecule has 3 heteroatoms. The van der Waals surface area contributed by atoms with Gasteiger partial charge in [-0.05, 0) is 30.1 Å². The van der Waals surface area contributed by atoms with Gasteiger partial charge in [-0.15, -0.1) is 0 Å². The Balaban J connectivity index is 4.42. The first kappa shape index (κ1) is 18.4. The smallest absolute Gasteiger partial charge is 0.301 e. The predicted octanol–water partition coefficient (Wildman–Crippen LogP) is 5.05. The van der Waals surface area contributed by atoms with Crippen molar-refractivity contribution in [2.24, 2.45) is 16.7 Å². The molecule has 0 rings (SSSR count). The molecule has 1 atom stereocenters. The Kier molecular flexibility index (Phi) is 7.65. The van der Waals surface area contributed by atoms with Crippen LogP contribution in [-0.4, -0.2) is 11.2 Å². The van der Waals surface area contributed by atoms with Crippen molar-refractivity contribution >= 4 is 5.97 Å². The van der Waals surface area contributed by atoms with Gasteiger partial charge in [-0.1, -0.05) is 60.8 Å². The molecule has 0 aromatic carbocycles. The number of hydrogen-bond donors (Lipinski definition) is 1. The van der Waals surface area contributed by atoms with Gasteiger partial charge in [0.1, 0.15) is 0 Å². The van der Waals surface area contributed by atoms with E-state index < -0.39 is 5.97 Å². The quantitative estimate of drug-likeness (QED) is 0.382. The topological polar surface area (TPSA) is 46.5 Å². The van der Waals surface area contributed by atoms with Crippen molar-refractivity contribution in [3.8, 4) is 0 Å². The summed E-state index contributed by atoms with van der Waals surface area (Å²) in [5.74, 6) is -0.688. The lowest BCUT2D eigenvalue weighted by atomic mass is 9.73. The molecule has 0 amide bonds. The van der Waals surface area contributed by atoms with Gasteiger partial charge in [-0.2, -0.15) is 5.26 Å². The molecule has 0 fully saturated rings. The van der Waals surface area contributed by atoms with Crippen LogP contribution in [0.25, 0.3) is 0 Å². The van der Waals surface area contributed by atoms with Gasteiger partial charge in [0.2, 0.25) is 0 Å². The van der Waals surface area contributed by atoms with E-state index in [-0.39, 0.29) is 11.3 Å². The minimum absolute atomic E-state index is 0.115. The van der Waals surface area contributed by atoms with E-state index in [0.717, 1.165) is 38.5 Å². The highest BCUT2D eigenvalue weighted by atomic mass is 17.1. The number of carbonyl (C=O) groups is 1. The summed E-state index contributed by atoms with van der Waals surface area (Å²) in [5, 5.41) is 8.67. The minimum Gasteiger partial charge on any atom is -0.301 e. The lowest BCUT2D eigenvalue weighted by Crippen LogP contribution is -2.32. The van der Waals surface area contributed by atoms with Crippen LogP contribution in [0, 0.1) is 16.7 Å². The van der Waals surface area contributed by atoms with Gasteiger partial charge in [0, 0.05) is 0 Å². The molecular formula is C16H32O3. The van der Waals surface area contributed by atoms with Crippen molar-refractivity contribution in [3.05, 3.63) is 0 Å². The second-order valence-electron chi connectivity index (χ2n) is 7.51. The maximum atomic E-state index is 11.8. The van der Waals surface area contributed by atoms with Crippen molar-refractivity contribution in [3.63, 3.8) is 0 Å². The fraction of sp³-hybridized carbons (Fsp3) is 0.938. The average Bonchev–Trinajstić information content (AvgIpc) is 2.26. The lowest BCUT2D eigenvalue weighted by Gasteiger charge is -2.32. The lowest BCUT2D eigenvalue weighted by molar-refractivity contribution is -0.243. The standard InChI is InChI=1S/C16H32O3/c1-7-11-16(5,6)13(14(17)19-18)10-8-9-12-15(2,3)4/h13,18H,7-12H2,1-6H3. The van der Waals surface area contributed by atoms with E-state index in [9.17, 15) is 4.79 Å². The summed E-state index contributed by atoms with van der Waals surface area (Å²) < 4.78 is 0. The first-order valence-corrected chi connectivity index (χ1v) is 7.49. The monoisotopic (exact) mass is 272 g/mol. The van der Waals surface area contributed by atoms with Crippen LogP contribution < -0.4 is 0 Å². The Labute approximate surface area is 118 Å². The Morgan fingerprint density at radius 1 is 1.11 bits per heavy atom. The van der Waals surface area contributed by atoms with Crippen LogP contribution >= 0.6 is 0 Å². The fourth-order valence-corrected chi connectivity index (χ4v) is 2.71. The number of hydrogen-bond acceptors (Lipinski definition) is 3. The van der Waals surface area contributed by atoms with Gasteiger partial charge >= 0.3 is 5.97 Å². The van der Waals surface area contributed by atoms with Crippen LogP contribution in [0.15, 0.2) is 0 Å². The summed E-state index contributed by atoms with van der Waals surface area (Å²) >= 11 is 0. The zero-order valence-corrected chi connectivity index (χ0v) is 13.6. The summed E-state index contributed by atoms with van der Waals surface area (Å²) in [5.41, 5.74) is 0.224. The normalized spacial score (nSPS) is 14.3. The molecule has 0 saturated carbocycles. The number of unbranched alkanes of at least 4 members (excludes halogenated alkanes) is 1. The summed E-state index contributed by atoms with van der Waals surface area (Å²) in [6.45, 7) is 13.0. The molecule has 0 spiro atoms. The molecule has 1 N–H and O–H groups in total. The van der Waals surface area contributed by atoms with Gasteiger partial charge in [0.25, 0.3) is 0 Å². The summed E-state index contributed by atoms with van der Waals surface area (Å²) in [6.07, 6.45) is 6.06. The number of carbonyl (C=O) groups excluding carboxylic acids is 1. The first-order valence-electron chi connectivity index (χ1n) is 7.49. The van der Waals surface area contributed by atoms with Crippen LogP contribution in [0.1, 0.15) is 80.1 Å². The third kappa shape index (κ3) is 7.56. The van der Waals surface area contributed by atoms with E-state index in [1.807, 2.05) is 0 Å². The molecule has 0 aromatic rings. The predicted molar refractivity (Wildman–Crippen MR) is 78.8 cm³/mol. The fourth-order valence-electron chi connectivity index (χ4n) is 2.71. The van der Waals surface area contributed by atoms with Gasteiger partial charge in [-0.3, -0.25) is 0 Å². The van der Waals surface area contributed by atoms with Gasteiger partial charge in [0.15, 0.2) is 0 Å². The highest BCUT2D eigenvalue weighted by Gasteiger charge is 2.35. The van der Waals surface area contributed by atoms with Crippen molar-refractivity contribution in [1.82, 2.24) is 0 Å².